The number of likely N-dealkylation sites (N-methyl/N-ethyl adjacent to an activating group) is 4. The number of rotatable bonds is 19. The van der Waals surface area contributed by atoms with Gasteiger partial charge in [0.05, 0.1) is 24.6 Å². The third-order valence-corrected chi connectivity index (χ3v) is 12.0. The molecule has 3 aromatic heterocycles. The molecule has 6 N–H and O–H groups in total. The number of fused-ring (bicyclic) bond motifs is 2. The molecule has 0 spiro atoms. The predicted molar refractivity (Wildman–Crippen MR) is 268 cm³/mol. The molecule has 0 bridgehead atoms. The van der Waals surface area contributed by atoms with Crippen LogP contribution in [-0.2, 0) is 4.74 Å². The van der Waals surface area contributed by atoms with E-state index in [1.54, 1.807) is 17.5 Å². The molecule has 7 rings (SSSR count). The Balaban J connectivity index is 0.000000235. The van der Waals surface area contributed by atoms with E-state index in [4.69, 9.17) is 30.7 Å². The fraction of sp³-hybridized carbons (Fsp3) is 0.532. The quantitative estimate of drug-likeness (QED) is 0.0370. The van der Waals surface area contributed by atoms with Crippen LogP contribution < -0.4 is 36.5 Å². The van der Waals surface area contributed by atoms with Gasteiger partial charge in [-0.1, -0.05) is 49.4 Å². The zero-order valence-corrected chi connectivity index (χ0v) is 40.6. The Morgan fingerprint density at radius 3 is 1.78 bits per heavy atom. The molecule has 2 aliphatic carbocycles. The van der Waals surface area contributed by atoms with E-state index in [1.165, 1.54) is 6.20 Å². The van der Waals surface area contributed by atoms with Crippen molar-refractivity contribution >= 4 is 61.9 Å². The Labute approximate surface area is 389 Å². The number of aliphatic imine (C=N–C) groups is 1. The van der Waals surface area contributed by atoms with Crippen molar-refractivity contribution in [1.82, 2.24) is 39.6 Å². The van der Waals surface area contributed by atoms with Gasteiger partial charge in [0.2, 0.25) is 17.8 Å². The molecule has 2 aliphatic rings. The predicted octanol–water partition coefficient (Wildman–Crippen LogP) is 7.16. The highest BCUT2D eigenvalue weighted by molar-refractivity contribution is 7.19. The summed E-state index contributed by atoms with van der Waals surface area (Å²) in [5.41, 5.74) is 13.6. The minimum atomic E-state index is 0.160. The van der Waals surface area contributed by atoms with Crippen LogP contribution in [0.15, 0.2) is 72.1 Å². The molecule has 0 atom stereocenters. The fourth-order valence-corrected chi connectivity index (χ4v) is 7.91. The highest BCUT2D eigenvalue weighted by Crippen LogP contribution is 2.32. The number of hydrogen-bond donors (Lipinski definition) is 4. The number of nitrogens with two attached hydrogens (primary N) is 2. The van der Waals surface area contributed by atoms with Crippen molar-refractivity contribution in [1.29, 1.82) is 0 Å². The van der Waals surface area contributed by atoms with Crippen molar-refractivity contribution in [2.24, 2.45) is 16.5 Å². The van der Waals surface area contributed by atoms with Crippen molar-refractivity contribution < 1.29 is 14.2 Å². The van der Waals surface area contributed by atoms with Crippen molar-refractivity contribution in [3.05, 3.63) is 67.1 Å². The first-order valence-corrected chi connectivity index (χ1v) is 23.6. The van der Waals surface area contributed by atoms with E-state index >= 15 is 0 Å². The van der Waals surface area contributed by atoms with Crippen LogP contribution in [0.2, 0.25) is 0 Å². The second kappa shape index (κ2) is 26.0. The monoisotopic (exact) mass is 913 g/mol. The molecule has 2 saturated carbocycles. The number of nitrogens with zero attached hydrogens (tertiary/aromatic N) is 10. The Bertz CT molecular complexity index is 2220. The normalized spacial score (nSPS) is 18.7. The lowest BCUT2D eigenvalue weighted by atomic mass is 9.94. The van der Waals surface area contributed by atoms with Crippen LogP contribution in [0.25, 0.3) is 21.8 Å². The van der Waals surface area contributed by atoms with Gasteiger partial charge in [0, 0.05) is 68.5 Å². The van der Waals surface area contributed by atoms with Crippen molar-refractivity contribution in [2.45, 2.75) is 89.5 Å². The van der Waals surface area contributed by atoms with Gasteiger partial charge >= 0.3 is 0 Å². The number of ether oxygens (including phenoxy) is 3. The number of benzene rings is 2. The van der Waals surface area contributed by atoms with E-state index in [9.17, 15) is 0 Å². The maximum absolute atomic E-state index is 6.31. The van der Waals surface area contributed by atoms with Crippen LogP contribution in [-0.4, -0.2) is 146 Å². The summed E-state index contributed by atoms with van der Waals surface area (Å²) in [6.07, 6.45) is 15.2. The first-order valence-electron chi connectivity index (χ1n) is 22.8. The van der Waals surface area contributed by atoms with E-state index in [2.05, 4.69) is 83.0 Å². The second-order valence-corrected chi connectivity index (χ2v) is 17.9. The van der Waals surface area contributed by atoms with E-state index in [1.807, 2.05) is 83.8 Å². The van der Waals surface area contributed by atoms with E-state index in [0.29, 0.717) is 30.6 Å². The van der Waals surface area contributed by atoms with Gasteiger partial charge in [-0.25, -0.2) is 24.9 Å². The number of aromatic nitrogens is 5. The first kappa shape index (κ1) is 50.8. The van der Waals surface area contributed by atoms with Gasteiger partial charge in [-0.15, -0.1) is 0 Å². The van der Waals surface area contributed by atoms with Gasteiger partial charge in [-0.2, -0.15) is 0 Å². The lowest BCUT2D eigenvalue weighted by Gasteiger charge is -2.27. The summed E-state index contributed by atoms with van der Waals surface area (Å²) in [4.78, 5) is 35.2. The Morgan fingerprint density at radius 1 is 0.723 bits per heavy atom. The molecule has 17 nitrogen and oxygen atoms in total. The summed E-state index contributed by atoms with van der Waals surface area (Å²) in [6.45, 7) is 11.6. The largest absolute Gasteiger partial charge is 0.488 e. The Hall–Kier alpha value is -5.24. The lowest BCUT2D eigenvalue weighted by molar-refractivity contribution is 0.0893. The van der Waals surface area contributed by atoms with Crippen molar-refractivity contribution in [3.8, 4) is 11.5 Å². The average Bonchev–Trinajstić information content (AvgIpc) is 3.78. The van der Waals surface area contributed by atoms with Gasteiger partial charge in [0.25, 0.3) is 0 Å². The molecule has 0 aliphatic heterocycles. The smallest absolute Gasteiger partial charge is 0.230 e. The minimum absolute atomic E-state index is 0.160. The number of thiazole rings is 1. The first-order chi connectivity index (χ1) is 31.4. The summed E-state index contributed by atoms with van der Waals surface area (Å²) in [5.74, 6) is 2.93. The molecule has 18 heteroatoms. The highest BCUT2D eigenvalue weighted by Gasteiger charge is 2.22. The fourth-order valence-electron chi connectivity index (χ4n) is 7.11. The molecule has 0 unspecified atom stereocenters. The number of hydrogen-bond acceptors (Lipinski definition) is 18. The number of anilines is 4. The topological polar surface area (TPSA) is 194 Å². The molecule has 354 valence electrons. The van der Waals surface area contributed by atoms with Gasteiger partial charge in [-0.3, -0.25) is 15.2 Å². The number of para-hydroxylation sites is 2. The van der Waals surface area contributed by atoms with Crippen LogP contribution in [0.3, 0.4) is 0 Å². The summed E-state index contributed by atoms with van der Waals surface area (Å²) in [5, 5.41) is 10.1. The molecular formula is C47H72N14O3S. The van der Waals surface area contributed by atoms with E-state index in [-0.39, 0.29) is 18.2 Å². The molecule has 2 fully saturated rings. The summed E-state index contributed by atoms with van der Waals surface area (Å²) < 4.78 is 18.5. The molecule has 65 heavy (non-hydrogen) atoms. The maximum atomic E-state index is 6.31. The summed E-state index contributed by atoms with van der Waals surface area (Å²) in [6, 6.07) is 12.4. The third-order valence-electron chi connectivity index (χ3n) is 10.9. The molecule has 2 aromatic carbocycles. The zero-order valence-electron chi connectivity index (χ0n) is 39.7. The van der Waals surface area contributed by atoms with Crippen molar-refractivity contribution in [2.75, 3.05) is 90.7 Å². The second-order valence-electron chi connectivity index (χ2n) is 16.9. The highest BCUT2D eigenvalue weighted by atomic mass is 32.1. The molecular weight excluding hydrogens is 841 g/mol. The van der Waals surface area contributed by atoms with E-state index in [0.717, 1.165) is 121 Å². The van der Waals surface area contributed by atoms with Crippen LogP contribution in [0.5, 0.6) is 11.5 Å². The molecule has 0 saturated heterocycles. The minimum Gasteiger partial charge on any atom is -0.488 e. The van der Waals surface area contributed by atoms with Gasteiger partial charge in [0.1, 0.15) is 34.3 Å². The Morgan fingerprint density at radius 2 is 1.25 bits per heavy atom. The molecule has 3 heterocycles. The molecule has 5 aromatic rings. The third kappa shape index (κ3) is 16.3. The summed E-state index contributed by atoms with van der Waals surface area (Å²) >= 11 is 1.59. The SMILES string of the molecule is C=N/C=C(/Nc1ncc2cccc(OC3CCC(N)CC3)c2n1)OCN(C)CCN(C)C.CC.CN(C)CCN(C)c1ncc(Nc2ncc3cccc(OC4CCC(N)CC4)c3n2)s1. The van der Waals surface area contributed by atoms with Crippen LogP contribution in [0, 0.1) is 0 Å². The lowest BCUT2D eigenvalue weighted by Crippen LogP contribution is -2.31. The number of nitrogens with one attached hydrogen (secondary N) is 2. The standard InChI is InChI=1S/C23H35N7O2.C22H31N7OS.C2H6/c1-25-15-21(31-16-30(4)13-12-29(2)3)27-23-26-14-17-6-5-7-20(22(17)28-23)32-19-10-8-18(24)9-11-19;1-28(2)11-12-29(3)22-25-14-19(31-22)26-21-24-13-15-5-4-6-18(20(15)27-21)30-17-9-7-16(23)8-10-17;1-2/h5-7,14-15,18-19H,1,8-13,16,24H2,2-4H3,(H,26,27,28);4-6,13-14,16-17H,7-12,23H2,1-3H3,(H,24,26,27);1-2H3/b21-15-;;. The molecule has 0 radical (unpaired) electrons. The van der Waals surface area contributed by atoms with Crippen molar-refractivity contribution in [3.63, 3.8) is 0 Å². The van der Waals surface area contributed by atoms with Gasteiger partial charge in [0.15, 0.2) is 5.13 Å². The Kier molecular flexibility index (Phi) is 20.3. The average molecular weight is 913 g/mol. The van der Waals surface area contributed by atoms with Gasteiger partial charge < -0.3 is 45.7 Å². The zero-order chi connectivity index (χ0) is 46.7. The molecule has 0 amide bonds. The van der Waals surface area contributed by atoms with Crippen LogP contribution >= 0.6 is 11.3 Å². The summed E-state index contributed by atoms with van der Waals surface area (Å²) in [7, 11) is 12.3. The maximum Gasteiger partial charge on any atom is 0.230 e. The van der Waals surface area contributed by atoms with Crippen LogP contribution in [0.1, 0.15) is 65.2 Å². The van der Waals surface area contributed by atoms with Gasteiger partial charge in [-0.05, 0) is 105 Å². The van der Waals surface area contributed by atoms with E-state index < -0.39 is 0 Å². The van der Waals surface area contributed by atoms with Crippen LogP contribution in [0.4, 0.5) is 22.0 Å².